The molecule has 0 saturated heterocycles. The van der Waals surface area contributed by atoms with Crippen LogP contribution in [0.15, 0.2) is 0 Å². The molecule has 0 spiro atoms. The van der Waals surface area contributed by atoms with Gasteiger partial charge in [0.25, 0.3) is 0 Å². The Bertz CT molecular complexity index is 285. The van der Waals surface area contributed by atoms with Crippen LogP contribution >= 0.6 is 0 Å². The fraction of sp³-hybridized carbons (Fsp3) is 1.00. The molecule has 0 heterocycles. The van der Waals surface area contributed by atoms with Gasteiger partial charge in [-0.15, -0.1) is 0 Å². The zero-order chi connectivity index (χ0) is 12.7. The molecule has 3 aliphatic rings. The van der Waals surface area contributed by atoms with Crippen LogP contribution in [0.1, 0.15) is 65.2 Å². The summed E-state index contributed by atoms with van der Waals surface area (Å²) in [5, 5.41) is 0. The van der Waals surface area contributed by atoms with E-state index in [9.17, 15) is 0 Å². The second-order valence-electron chi connectivity index (χ2n) is 7.91. The minimum atomic E-state index is 0.513. The van der Waals surface area contributed by atoms with E-state index in [4.69, 9.17) is 5.73 Å². The van der Waals surface area contributed by atoms with Crippen LogP contribution in [0.5, 0.6) is 0 Å². The molecule has 1 heteroatoms. The van der Waals surface area contributed by atoms with Crippen molar-refractivity contribution in [3.8, 4) is 0 Å². The van der Waals surface area contributed by atoms with Gasteiger partial charge in [-0.1, -0.05) is 20.3 Å². The van der Waals surface area contributed by atoms with Gasteiger partial charge in [0, 0.05) is 6.04 Å². The zero-order valence-corrected chi connectivity index (χ0v) is 12.3. The molecule has 3 fully saturated rings. The third-order valence-corrected chi connectivity index (χ3v) is 6.51. The molecule has 6 unspecified atom stereocenters. The van der Waals surface area contributed by atoms with E-state index in [1.807, 2.05) is 0 Å². The van der Waals surface area contributed by atoms with Gasteiger partial charge in [-0.3, -0.25) is 0 Å². The topological polar surface area (TPSA) is 26.0 Å². The average molecular weight is 249 g/mol. The SMILES string of the molecule is CC(C)C1CCC(N)C(CC2CC3CCC2C3)C1. The number of hydrogen-bond acceptors (Lipinski definition) is 1. The lowest BCUT2D eigenvalue weighted by molar-refractivity contribution is 0.149. The summed E-state index contributed by atoms with van der Waals surface area (Å²) in [7, 11) is 0. The summed E-state index contributed by atoms with van der Waals surface area (Å²) in [4.78, 5) is 0. The summed E-state index contributed by atoms with van der Waals surface area (Å²) in [6, 6.07) is 0.513. The van der Waals surface area contributed by atoms with Crippen LogP contribution in [0.2, 0.25) is 0 Å². The molecule has 0 aliphatic heterocycles. The molecule has 18 heavy (non-hydrogen) atoms. The lowest BCUT2D eigenvalue weighted by Gasteiger charge is -2.38. The third-order valence-electron chi connectivity index (χ3n) is 6.51. The predicted molar refractivity (Wildman–Crippen MR) is 77.2 cm³/mol. The van der Waals surface area contributed by atoms with E-state index >= 15 is 0 Å². The maximum Gasteiger partial charge on any atom is 0.00674 e. The number of hydrogen-bond donors (Lipinski definition) is 1. The highest BCUT2D eigenvalue weighted by molar-refractivity contribution is 4.93. The van der Waals surface area contributed by atoms with Gasteiger partial charge >= 0.3 is 0 Å². The van der Waals surface area contributed by atoms with Gasteiger partial charge in [0.15, 0.2) is 0 Å². The van der Waals surface area contributed by atoms with Crippen LogP contribution in [0.4, 0.5) is 0 Å². The molecular formula is C17H31N. The Morgan fingerprint density at radius 2 is 1.78 bits per heavy atom. The average Bonchev–Trinajstić information content (AvgIpc) is 2.93. The van der Waals surface area contributed by atoms with Gasteiger partial charge in [0.05, 0.1) is 0 Å². The zero-order valence-electron chi connectivity index (χ0n) is 12.3. The van der Waals surface area contributed by atoms with E-state index in [-0.39, 0.29) is 0 Å². The quantitative estimate of drug-likeness (QED) is 0.796. The molecule has 0 radical (unpaired) electrons. The Balaban J connectivity index is 1.57. The Morgan fingerprint density at radius 1 is 0.944 bits per heavy atom. The Hall–Kier alpha value is -0.0400. The number of rotatable bonds is 3. The highest BCUT2D eigenvalue weighted by atomic mass is 14.7. The lowest BCUT2D eigenvalue weighted by Crippen LogP contribution is -2.38. The Morgan fingerprint density at radius 3 is 2.39 bits per heavy atom. The molecule has 3 aliphatic carbocycles. The van der Waals surface area contributed by atoms with Crippen molar-refractivity contribution in [3.63, 3.8) is 0 Å². The van der Waals surface area contributed by atoms with Crippen molar-refractivity contribution < 1.29 is 0 Å². The van der Waals surface area contributed by atoms with E-state index < -0.39 is 0 Å². The molecule has 2 bridgehead atoms. The van der Waals surface area contributed by atoms with Crippen LogP contribution in [0, 0.1) is 35.5 Å². The molecule has 3 rings (SSSR count). The second kappa shape index (κ2) is 5.15. The van der Waals surface area contributed by atoms with Crippen LogP contribution in [-0.2, 0) is 0 Å². The van der Waals surface area contributed by atoms with Crippen molar-refractivity contribution in [2.45, 2.75) is 71.3 Å². The van der Waals surface area contributed by atoms with Crippen molar-refractivity contribution in [3.05, 3.63) is 0 Å². The third kappa shape index (κ3) is 2.48. The molecule has 0 aromatic heterocycles. The molecule has 104 valence electrons. The van der Waals surface area contributed by atoms with Crippen LogP contribution in [0.3, 0.4) is 0 Å². The summed E-state index contributed by atoms with van der Waals surface area (Å²) in [5.41, 5.74) is 6.42. The fourth-order valence-corrected chi connectivity index (χ4v) is 5.25. The van der Waals surface area contributed by atoms with Crippen molar-refractivity contribution in [1.29, 1.82) is 0 Å². The summed E-state index contributed by atoms with van der Waals surface area (Å²) in [5.74, 6) is 5.89. The normalized spacial score (nSPS) is 48.0. The summed E-state index contributed by atoms with van der Waals surface area (Å²) >= 11 is 0. The standard InChI is InChI=1S/C17H31N/c1-11(2)13-5-6-17(18)16(9-13)10-15-8-12-3-4-14(15)7-12/h11-17H,3-10,18H2,1-2H3. The lowest BCUT2D eigenvalue weighted by atomic mass is 9.69. The Kier molecular flexibility index (Phi) is 3.71. The van der Waals surface area contributed by atoms with Crippen molar-refractivity contribution in [2.75, 3.05) is 0 Å². The minimum Gasteiger partial charge on any atom is -0.327 e. The molecule has 0 aromatic rings. The number of fused-ring (bicyclic) bond motifs is 2. The van der Waals surface area contributed by atoms with Crippen LogP contribution in [-0.4, -0.2) is 6.04 Å². The van der Waals surface area contributed by atoms with Gasteiger partial charge in [0.1, 0.15) is 0 Å². The predicted octanol–water partition coefficient (Wildman–Crippen LogP) is 4.21. The van der Waals surface area contributed by atoms with Gasteiger partial charge in [-0.2, -0.15) is 0 Å². The van der Waals surface area contributed by atoms with E-state index in [1.54, 1.807) is 12.8 Å². The molecule has 1 nitrogen and oxygen atoms in total. The van der Waals surface area contributed by atoms with Gasteiger partial charge in [0.2, 0.25) is 0 Å². The highest BCUT2D eigenvalue weighted by Gasteiger charge is 2.41. The van der Waals surface area contributed by atoms with Crippen molar-refractivity contribution in [1.82, 2.24) is 0 Å². The Labute approximate surface area is 113 Å². The summed E-state index contributed by atoms with van der Waals surface area (Å²) in [6.07, 6.45) is 11.7. The minimum absolute atomic E-state index is 0.513. The molecule has 2 N–H and O–H groups in total. The van der Waals surface area contributed by atoms with Crippen molar-refractivity contribution in [2.24, 2.45) is 41.2 Å². The van der Waals surface area contributed by atoms with Crippen molar-refractivity contribution >= 4 is 0 Å². The molecule has 0 amide bonds. The highest BCUT2D eigenvalue weighted by Crippen LogP contribution is 2.51. The summed E-state index contributed by atoms with van der Waals surface area (Å²) in [6.45, 7) is 4.80. The maximum absolute atomic E-state index is 6.42. The first-order valence-corrected chi connectivity index (χ1v) is 8.39. The van der Waals surface area contributed by atoms with E-state index in [1.165, 1.54) is 38.5 Å². The maximum atomic E-state index is 6.42. The molecule has 6 atom stereocenters. The van der Waals surface area contributed by atoms with Gasteiger partial charge in [-0.25, -0.2) is 0 Å². The second-order valence-corrected chi connectivity index (χ2v) is 7.91. The van der Waals surface area contributed by atoms with Gasteiger partial charge in [-0.05, 0) is 80.5 Å². The number of nitrogens with two attached hydrogens (primary N) is 1. The monoisotopic (exact) mass is 249 g/mol. The first-order chi connectivity index (χ1) is 8.63. The first kappa shape index (κ1) is 13.0. The molecule has 3 saturated carbocycles. The van der Waals surface area contributed by atoms with Gasteiger partial charge < -0.3 is 5.73 Å². The van der Waals surface area contributed by atoms with E-state index in [2.05, 4.69) is 13.8 Å². The van der Waals surface area contributed by atoms with Crippen LogP contribution < -0.4 is 5.73 Å². The first-order valence-electron chi connectivity index (χ1n) is 8.39. The molecular weight excluding hydrogens is 218 g/mol. The fourth-order valence-electron chi connectivity index (χ4n) is 5.25. The summed E-state index contributed by atoms with van der Waals surface area (Å²) < 4.78 is 0. The van der Waals surface area contributed by atoms with E-state index in [0.29, 0.717) is 6.04 Å². The molecule has 0 aromatic carbocycles. The van der Waals surface area contributed by atoms with E-state index in [0.717, 1.165) is 35.5 Å². The largest absolute Gasteiger partial charge is 0.327 e. The smallest absolute Gasteiger partial charge is 0.00674 e. The van der Waals surface area contributed by atoms with Crippen LogP contribution in [0.25, 0.3) is 0 Å².